The molecule has 106 valence electrons. The average Bonchev–Trinajstić information content (AvgIpc) is 2.45. The van der Waals surface area contributed by atoms with E-state index in [4.69, 9.17) is 0 Å². The van der Waals surface area contributed by atoms with Crippen molar-refractivity contribution in [1.82, 2.24) is 10.3 Å². The molecule has 0 amide bonds. The van der Waals surface area contributed by atoms with Gasteiger partial charge >= 0.3 is 0 Å². The highest BCUT2D eigenvalue weighted by atomic mass is 15.0. The Balaban J connectivity index is 2.31. The number of aromatic nitrogens is 1. The topological polar surface area (TPSA) is 24.9 Å². The molecule has 1 N–H and O–H groups in total. The number of hydrogen-bond donors (Lipinski definition) is 1. The molecule has 2 atom stereocenters. The van der Waals surface area contributed by atoms with Crippen LogP contribution in [0.4, 0.5) is 0 Å². The molecule has 0 spiro atoms. The number of pyridine rings is 1. The Morgan fingerprint density at radius 3 is 2.15 bits per heavy atom. The minimum atomic E-state index is 0.131. The lowest BCUT2D eigenvalue weighted by atomic mass is 9.87. The van der Waals surface area contributed by atoms with Gasteiger partial charge in [0.15, 0.2) is 0 Å². The van der Waals surface area contributed by atoms with Crippen molar-refractivity contribution in [3.05, 3.63) is 66.0 Å². The van der Waals surface area contributed by atoms with Gasteiger partial charge in [-0.15, -0.1) is 0 Å². The van der Waals surface area contributed by atoms with Gasteiger partial charge in [-0.2, -0.15) is 0 Å². The maximum absolute atomic E-state index is 4.53. The van der Waals surface area contributed by atoms with E-state index in [0.29, 0.717) is 6.04 Å². The van der Waals surface area contributed by atoms with E-state index in [1.807, 2.05) is 24.4 Å². The van der Waals surface area contributed by atoms with E-state index >= 15 is 0 Å². The van der Waals surface area contributed by atoms with Gasteiger partial charge in [-0.25, -0.2) is 0 Å². The highest BCUT2D eigenvalue weighted by Crippen LogP contribution is 2.25. The van der Waals surface area contributed by atoms with Crippen LogP contribution in [0.15, 0.2) is 54.7 Å². The number of rotatable bonds is 4. The maximum Gasteiger partial charge on any atom is 0.0753 e. The number of nitrogens with zero attached hydrogens (tertiary/aromatic N) is 1. The summed E-state index contributed by atoms with van der Waals surface area (Å²) in [7, 11) is 0. The van der Waals surface area contributed by atoms with Gasteiger partial charge in [0.1, 0.15) is 0 Å². The first-order valence-electron chi connectivity index (χ1n) is 7.20. The van der Waals surface area contributed by atoms with Crippen LogP contribution < -0.4 is 5.32 Å². The van der Waals surface area contributed by atoms with Crippen LogP contribution in [0.1, 0.15) is 45.0 Å². The van der Waals surface area contributed by atoms with Crippen LogP contribution in [-0.2, 0) is 0 Å². The third-order valence-corrected chi connectivity index (χ3v) is 3.83. The van der Waals surface area contributed by atoms with E-state index in [1.165, 1.54) is 5.56 Å². The summed E-state index contributed by atoms with van der Waals surface area (Å²) in [4.78, 5) is 4.53. The zero-order chi connectivity index (χ0) is 14.6. The van der Waals surface area contributed by atoms with Crippen molar-refractivity contribution in [2.24, 2.45) is 5.41 Å². The fourth-order valence-corrected chi connectivity index (χ4v) is 2.04. The third kappa shape index (κ3) is 3.67. The molecule has 0 saturated heterocycles. The molecule has 2 rings (SSSR count). The largest absolute Gasteiger partial charge is 0.302 e. The van der Waals surface area contributed by atoms with E-state index < -0.39 is 0 Å². The summed E-state index contributed by atoms with van der Waals surface area (Å²) >= 11 is 0. The molecule has 0 aliphatic rings. The minimum Gasteiger partial charge on any atom is -0.302 e. The summed E-state index contributed by atoms with van der Waals surface area (Å²) < 4.78 is 0. The second kappa shape index (κ2) is 6.19. The second-order valence-corrected chi connectivity index (χ2v) is 6.35. The van der Waals surface area contributed by atoms with E-state index in [-0.39, 0.29) is 11.5 Å². The molecule has 1 heterocycles. The van der Waals surface area contributed by atoms with Crippen LogP contribution in [0.3, 0.4) is 0 Å². The first kappa shape index (κ1) is 14.7. The highest BCUT2D eigenvalue weighted by Gasteiger charge is 2.24. The van der Waals surface area contributed by atoms with Gasteiger partial charge in [0, 0.05) is 12.2 Å². The maximum atomic E-state index is 4.53. The number of nitrogens with one attached hydrogen (secondary N) is 1. The predicted octanol–water partition coefficient (Wildman–Crippen LogP) is 4.20. The van der Waals surface area contributed by atoms with Gasteiger partial charge in [-0.1, -0.05) is 57.2 Å². The van der Waals surface area contributed by atoms with Crippen molar-refractivity contribution in [2.45, 2.75) is 39.8 Å². The lowest BCUT2D eigenvalue weighted by Gasteiger charge is -2.32. The first-order chi connectivity index (χ1) is 9.48. The Morgan fingerprint density at radius 1 is 0.950 bits per heavy atom. The third-order valence-electron chi connectivity index (χ3n) is 3.83. The average molecular weight is 268 g/mol. The van der Waals surface area contributed by atoms with Crippen LogP contribution in [0.2, 0.25) is 0 Å². The van der Waals surface area contributed by atoms with Crippen molar-refractivity contribution >= 4 is 0 Å². The molecule has 2 nitrogen and oxygen atoms in total. The van der Waals surface area contributed by atoms with Gasteiger partial charge in [0.05, 0.1) is 11.7 Å². The summed E-state index contributed by atoms with van der Waals surface area (Å²) in [6.07, 6.45) is 1.86. The Labute approximate surface area is 122 Å². The smallest absolute Gasteiger partial charge is 0.0753 e. The zero-order valence-corrected chi connectivity index (χ0v) is 12.8. The fraction of sp³-hybridized carbons (Fsp3) is 0.389. The van der Waals surface area contributed by atoms with Gasteiger partial charge < -0.3 is 5.32 Å². The molecule has 2 unspecified atom stereocenters. The van der Waals surface area contributed by atoms with Crippen molar-refractivity contribution in [1.29, 1.82) is 0 Å². The Hall–Kier alpha value is -1.67. The normalized spacial score (nSPS) is 14.8. The van der Waals surface area contributed by atoms with Gasteiger partial charge in [0.2, 0.25) is 0 Å². The van der Waals surface area contributed by atoms with Crippen molar-refractivity contribution < 1.29 is 0 Å². The Kier molecular flexibility index (Phi) is 4.56. The first-order valence-corrected chi connectivity index (χ1v) is 7.20. The van der Waals surface area contributed by atoms with Crippen LogP contribution >= 0.6 is 0 Å². The van der Waals surface area contributed by atoms with Crippen LogP contribution in [-0.4, -0.2) is 11.0 Å². The molecule has 2 aromatic rings. The van der Waals surface area contributed by atoms with Gasteiger partial charge in [0.25, 0.3) is 0 Å². The van der Waals surface area contributed by atoms with Gasteiger partial charge in [-0.05, 0) is 30.0 Å². The molecular weight excluding hydrogens is 244 g/mol. The number of benzene rings is 1. The predicted molar refractivity (Wildman–Crippen MR) is 84.6 cm³/mol. The summed E-state index contributed by atoms with van der Waals surface area (Å²) in [5.74, 6) is 0. The molecule has 0 fully saturated rings. The molecule has 2 heteroatoms. The lowest BCUT2D eigenvalue weighted by Crippen LogP contribution is -2.40. The lowest BCUT2D eigenvalue weighted by molar-refractivity contribution is 0.272. The molecule has 1 aromatic heterocycles. The van der Waals surface area contributed by atoms with E-state index in [1.54, 1.807) is 0 Å². The Bertz CT molecular complexity index is 475. The van der Waals surface area contributed by atoms with E-state index in [0.717, 1.165) is 5.69 Å². The molecule has 0 aliphatic heterocycles. The molecule has 1 aromatic carbocycles. The monoisotopic (exact) mass is 268 g/mol. The highest BCUT2D eigenvalue weighted by molar-refractivity contribution is 5.27. The number of hydrogen-bond acceptors (Lipinski definition) is 2. The summed E-state index contributed by atoms with van der Waals surface area (Å²) in [5.41, 5.74) is 2.53. The van der Waals surface area contributed by atoms with E-state index in [2.05, 4.69) is 68.3 Å². The minimum absolute atomic E-state index is 0.131. The molecular formula is C18H24N2. The van der Waals surface area contributed by atoms with E-state index in [9.17, 15) is 0 Å². The quantitative estimate of drug-likeness (QED) is 0.899. The summed E-state index contributed by atoms with van der Waals surface area (Å²) in [5, 5.41) is 3.73. The SMILES string of the molecule is CC(NC(c1ccccc1)c1ccccn1)C(C)(C)C. The standard InChI is InChI=1S/C18H24N2/c1-14(18(2,3)4)20-17(15-10-6-5-7-11-15)16-12-8-9-13-19-16/h5-14,17,20H,1-4H3. The van der Waals surface area contributed by atoms with Crippen molar-refractivity contribution in [3.8, 4) is 0 Å². The summed E-state index contributed by atoms with van der Waals surface area (Å²) in [6.45, 7) is 9.00. The molecule has 0 bridgehead atoms. The summed E-state index contributed by atoms with van der Waals surface area (Å²) in [6, 6.07) is 17.1. The molecule has 20 heavy (non-hydrogen) atoms. The molecule has 0 saturated carbocycles. The van der Waals surface area contributed by atoms with Crippen LogP contribution in [0, 0.1) is 5.41 Å². The molecule has 0 aliphatic carbocycles. The fourth-order valence-electron chi connectivity index (χ4n) is 2.04. The van der Waals surface area contributed by atoms with Gasteiger partial charge in [-0.3, -0.25) is 4.98 Å². The second-order valence-electron chi connectivity index (χ2n) is 6.35. The van der Waals surface area contributed by atoms with Crippen LogP contribution in [0.25, 0.3) is 0 Å². The van der Waals surface area contributed by atoms with Crippen LogP contribution in [0.5, 0.6) is 0 Å². The molecule has 0 radical (unpaired) electrons. The zero-order valence-electron chi connectivity index (χ0n) is 12.8. The van der Waals surface area contributed by atoms with Crippen molar-refractivity contribution in [2.75, 3.05) is 0 Å². The van der Waals surface area contributed by atoms with Crippen molar-refractivity contribution in [3.63, 3.8) is 0 Å². The Morgan fingerprint density at radius 2 is 1.60 bits per heavy atom.